The highest BCUT2D eigenvalue weighted by molar-refractivity contribution is 5.57. The second-order valence-electron chi connectivity index (χ2n) is 7.14. The number of ether oxygens (including phenoxy) is 3. The van der Waals surface area contributed by atoms with E-state index in [1.54, 1.807) is 0 Å². The Balaban J connectivity index is 2.00. The number of phenolic OH excluding ortho intramolecular Hbond substituents is 4. The summed E-state index contributed by atoms with van der Waals surface area (Å²) in [4.78, 5) is 20.4. The zero-order chi connectivity index (χ0) is 24.7. The Labute approximate surface area is 187 Å². The number of nitro benzene ring substituents is 2. The maximum Gasteiger partial charge on any atom is 0.314 e. The summed E-state index contributed by atoms with van der Waals surface area (Å²) in [5.74, 6) is -2.89. The van der Waals surface area contributed by atoms with Gasteiger partial charge in [-0.3, -0.25) is 20.2 Å². The molecular weight excluding hydrogens is 444 g/mol. The molecule has 0 aliphatic heterocycles. The van der Waals surface area contributed by atoms with Gasteiger partial charge in [0.2, 0.25) is 11.5 Å². The van der Waals surface area contributed by atoms with Crippen LogP contribution < -0.4 is 0 Å². The van der Waals surface area contributed by atoms with Crippen LogP contribution in [0.1, 0.15) is 11.1 Å². The molecule has 0 aliphatic rings. The molecule has 2 rings (SSSR count). The van der Waals surface area contributed by atoms with Gasteiger partial charge in [0.05, 0.1) is 35.3 Å². The van der Waals surface area contributed by atoms with Crippen molar-refractivity contribution in [3.63, 3.8) is 0 Å². The Hall–Kier alpha value is -3.68. The predicted molar refractivity (Wildman–Crippen MR) is 113 cm³/mol. The highest BCUT2D eigenvalue weighted by Crippen LogP contribution is 2.37. The molecule has 13 heteroatoms. The van der Waals surface area contributed by atoms with Crippen LogP contribution in [0.25, 0.3) is 0 Å². The van der Waals surface area contributed by atoms with E-state index in [0.717, 1.165) is 12.1 Å². The van der Waals surface area contributed by atoms with Gasteiger partial charge in [0.15, 0.2) is 11.5 Å². The quantitative estimate of drug-likeness (QED) is 0.202. The van der Waals surface area contributed by atoms with Crippen LogP contribution in [-0.4, -0.2) is 69.9 Å². The Kier molecular flexibility index (Phi) is 8.73. The maximum absolute atomic E-state index is 11.0. The molecule has 0 saturated heterocycles. The van der Waals surface area contributed by atoms with E-state index in [-0.39, 0.29) is 26.1 Å². The Morgan fingerprint density at radius 2 is 1.12 bits per heavy atom. The summed E-state index contributed by atoms with van der Waals surface area (Å²) >= 11 is 0. The number of nitro groups is 2. The van der Waals surface area contributed by atoms with Gasteiger partial charge in [0, 0.05) is 39.2 Å². The number of methoxy groups -OCH3 is 2. The maximum atomic E-state index is 11.0. The molecule has 0 fully saturated rings. The molecule has 2 unspecified atom stereocenters. The second-order valence-corrected chi connectivity index (χ2v) is 7.14. The highest BCUT2D eigenvalue weighted by Gasteiger charge is 2.22. The highest BCUT2D eigenvalue weighted by atomic mass is 16.6. The molecule has 13 nitrogen and oxygen atoms in total. The fourth-order valence-corrected chi connectivity index (χ4v) is 3.11. The lowest BCUT2D eigenvalue weighted by molar-refractivity contribution is -0.386. The first kappa shape index (κ1) is 25.6. The third-order valence-corrected chi connectivity index (χ3v) is 4.85. The van der Waals surface area contributed by atoms with E-state index in [4.69, 9.17) is 14.2 Å². The van der Waals surface area contributed by atoms with E-state index < -0.39 is 56.4 Å². The molecule has 0 amide bonds. The number of aromatic hydroxyl groups is 4. The Bertz CT molecular complexity index is 932. The second kappa shape index (κ2) is 11.3. The summed E-state index contributed by atoms with van der Waals surface area (Å²) in [5.41, 5.74) is -0.567. The minimum atomic E-state index is -0.822. The number of hydrogen-bond acceptors (Lipinski definition) is 11. The van der Waals surface area contributed by atoms with Gasteiger partial charge < -0.3 is 34.6 Å². The van der Waals surface area contributed by atoms with Crippen LogP contribution in [0.4, 0.5) is 11.4 Å². The van der Waals surface area contributed by atoms with Gasteiger partial charge in [-0.05, 0) is 23.3 Å². The Morgan fingerprint density at radius 3 is 1.42 bits per heavy atom. The van der Waals surface area contributed by atoms with E-state index in [9.17, 15) is 40.7 Å². The van der Waals surface area contributed by atoms with Crippen LogP contribution in [-0.2, 0) is 27.1 Å². The van der Waals surface area contributed by atoms with E-state index in [2.05, 4.69) is 0 Å². The average molecular weight is 468 g/mol. The summed E-state index contributed by atoms with van der Waals surface area (Å²) in [5, 5.41) is 60.6. The zero-order valence-electron chi connectivity index (χ0n) is 17.8. The molecule has 180 valence electrons. The predicted octanol–water partition coefficient (Wildman–Crippen LogP) is 2.16. The van der Waals surface area contributed by atoms with Gasteiger partial charge in [-0.2, -0.15) is 0 Å². The fraction of sp³-hybridized carbons (Fsp3) is 0.400. The van der Waals surface area contributed by atoms with Crippen molar-refractivity contribution in [3.8, 4) is 23.0 Å². The molecule has 33 heavy (non-hydrogen) atoms. The normalized spacial score (nSPS) is 12.9. The van der Waals surface area contributed by atoms with Gasteiger partial charge in [-0.1, -0.05) is 0 Å². The number of phenols is 4. The van der Waals surface area contributed by atoms with E-state index in [0.29, 0.717) is 11.1 Å². The molecule has 0 radical (unpaired) electrons. The van der Waals surface area contributed by atoms with Crippen LogP contribution >= 0.6 is 0 Å². The standard InChI is InChI=1S/C20H24N2O11/c1-31-13(3-11-5-15(21(27)28)19(25)17(23)7-11)9-33-10-14(32-2)4-12-6-16(22(29)30)20(26)18(24)8-12/h5-8,13-14,23-26H,3-4,9-10H2,1-2H3. The number of nitrogens with zero attached hydrogens (tertiary/aromatic N) is 2. The average Bonchev–Trinajstić information content (AvgIpc) is 2.76. The van der Waals surface area contributed by atoms with Crippen molar-refractivity contribution in [3.05, 3.63) is 55.6 Å². The lowest BCUT2D eigenvalue weighted by atomic mass is 10.1. The van der Waals surface area contributed by atoms with Crippen molar-refractivity contribution >= 4 is 11.4 Å². The smallest absolute Gasteiger partial charge is 0.314 e. The van der Waals surface area contributed by atoms with Crippen LogP contribution in [0.3, 0.4) is 0 Å². The number of rotatable bonds is 12. The van der Waals surface area contributed by atoms with E-state index >= 15 is 0 Å². The summed E-state index contributed by atoms with van der Waals surface area (Å²) in [6, 6.07) is 4.64. The van der Waals surface area contributed by atoms with Gasteiger partial charge in [0.25, 0.3) is 0 Å². The molecule has 0 saturated carbocycles. The monoisotopic (exact) mass is 468 g/mol. The molecule has 2 aromatic rings. The first-order valence-electron chi connectivity index (χ1n) is 9.59. The first-order valence-corrected chi connectivity index (χ1v) is 9.59. The topological polar surface area (TPSA) is 195 Å². The van der Waals surface area contributed by atoms with Gasteiger partial charge in [-0.15, -0.1) is 0 Å². The summed E-state index contributed by atoms with van der Waals surface area (Å²) in [7, 11) is 2.82. The largest absolute Gasteiger partial charge is 0.504 e. The number of hydrogen-bond donors (Lipinski definition) is 4. The molecule has 0 heterocycles. The fourth-order valence-electron chi connectivity index (χ4n) is 3.11. The minimum Gasteiger partial charge on any atom is -0.504 e. The van der Waals surface area contributed by atoms with Crippen molar-refractivity contribution in [2.45, 2.75) is 25.0 Å². The van der Waals surface area contributed by atoms with E-state index in [1.807, 2.05) is 0 Å². The van der Waals surface area contributed by atoms with Crippen molar-refractivity contribution in [1.29, 1.82) is 0 Å². The molecular formula is C20H24N2O11. The van der Waals surface area contributed by atoms with Crippen LogP contribution in [0.5, 0.6) is 23.0 Å². The number of benzene rings is 2. The van der Waals surface area contributed by atoms with Crippen molar-refractivity contribution in [2.24, 2.45) is 0 Å². The lowest BCUT2D eigenvalue weighted by Crippen LogP contribution is -2.27. The summed E-state index contributed by atoms with van der Waals surface area (Å²) in [6.45, 7) is 0.0968. The molecule has 4 N–H and O–H groups in total. The van der Waals surface area contributed by atoms with Crippen molar-refractivity contribution in [2.75, 3.05) is 27.4 Å². The molecule has 2 atom stereocenters. The van der Waals surface area contributed by atoms with Gasteiger partial charge in [0.1, 0.15) is 0 Å². The zero-order valence-corrected chi connectivity index (χ0v) is 17.8. The van der Waals surface area contributed by atoms with Crippen molar-refractivity contribution < 1.29 is 44.5 Å². The first-order chi connectivity index (χ1) is 15.6. The van der Waals surface area contributed by atoms with E-state index in [1.165, 1.54) is 26.4 Å². The minimum absolute atomic E-state index is 0.0484. The van der Waals surface area contributed by atoms with Gasteiger partial charge >= 0.3 is 11.4 Å². The third-order valence-electron chi connectivity index (χ3n) is 4.85. The molecule has 0 aromatic heterocycles. The summed E-state index contributed by atoms with van der Waals surface area (Å²) in [6.07, 6.45) is -0.823. The molecule has 0 spiro atoms. The van der Waals surface area contributed by atoms with Crippen LogP contribution in [0, 0.1) is 20.2 Å². The Morgan fingerprint density at radius 1 is 0.758 bits per heavy atom. The van der Waals surface area contributed by atoms with Crippen LogP contribution in [0.2, 0.25) is 0 Å². The lowest BCUT2D eigenvalue weighted by Gasteiger charge is -2.19. The molecule has 2 aromatic carbocycles. The third kappa shape index (κ3) is 6.65. The SMILES string of the molecule is COC(COCC(Cc1cc(O)c(O)c([N+](=O)[O-])c1)OC)Cc1cc(O)c(O)c([N+](=O)[O-])c1. The van der Waals surface area contributed by atoms with Crippen molar-refractivity contribution in [1.82, 2.24) is 0 Å². The molecule has 0 aliphatic carbocycles. The van der Waals surface area contributed by atoms with Gasteiger partial charge in [-0.25, -0.2) is 0 Å². The van der Waals surface area contributed by atoms with Crippen LogP contribution in [0.15, 0.2) is 24.3 Å². The summed E-state index contributed by atoms with van der Waals surface area (Å²) < 4.78 is 16.2. The molecule has 0 bridgehead atoms.